The van der Waals surface area contributed by atoms with E-state index < -0.39 is 0 Å². The molecule has 0 bridgehead atoms. The lowest BCUT2D eigenvalue weighted by Gasteiger charge is -2.27. The Morgan fingerprint density at radius 2 is 1.77 bits per heavy atom. The van der Waals surface area contributed by atoms with Crippen LogP contribution in [-0.4, -0.2) is 38.2 Å². The van der Waals surface area contributed by atoms with Crippen molar-refractivity contribution in [3.8, 4) is 5.75 Å². The zero-order valence-electron chi connectivity index (χ0n) is 15.3. The number of hydrogen-bond donors (Lipinski definition) is 2. The highest BCUT2D eigenvalue weighted by molar-refractivity contribution is 5.94. The van der Waals surface area contributed by atoms with Crippen molar-refractivity contribution in [2.75, 3.05) is 25.6 Å². The number of para-hydroxylation sites is 2. The van der Waals surface area contributed by atoms with Gasteiger partial charge in [0.25, 0.3) is 0 Å². The Morgan fingerprint density at radius 3 is 2.42 bits per heavy atom. The average molecular weight is 360 g/mol. The monoisotopic (exact) mass is 360 g/mol. The first kappa shape index (κ1) is 18.7. The Kier molecular flexibility index (Phi) is 6.50. The van der Waals surface area contributed by atoms with Crippen LogP contribution in [0.5, 0.6) is 5.75 Å². The number of rotatable bonds is 6. The molecule has 2 fully saturated rings. The third-order valence-electron chi connectivity index (χ3n) is 5.36. The molecule has 1 saturated carbocycles. The summed E-state index contributed by atoms with van der Waals surface area (Å²) in [4.78, 5) is 24.9. The second-order valence-electron chi connectivity index (χ2n) is 7.12. The molecule has 1 saturated heterocycles. The molecule has 6 heteroatoms. The molecule has 6 nitrogen and oxygen atoms in total. The van der Waals surface area contributed by atoms with Crippen molar-refractivity contribution in [1.29, 1.82) is 0 Å². The molecular formula is C20H28N2O4. The van der Waals surface area contributed by atoms with Crippen LogP contribution in [0, 0.1) is 11.8 Å². The molecule has 0 radical (unpaired) electrons. The number of anilines is 1. The number of amides is 2. The number of methoxy groups -OCH3 is 1. The van der Waals surface area contributed by atoms with Crippen molar-refractivity contribution in [2.45, 2.75) is 44.6 Å². The van der Waals surface area contributed by atoms with Gasteiger partial charge >= 0.3 is 0 Å². The van der Waals surface area contributed by atoms with Gasteiger partial charge in [-0.3, -0.25) is 9.59 Å². The van der Waals surface area contributed by atoms with Crippen LogP contribution < -0.4 is 15.4 Å². The Morgan fingerprint density at radius 1 is 1.08 bits per heavy atom. The van der Waals surface area contributed by atoms with E-state index in [2.05, 4.69) is 10.6 Å². The second kappa shape index (κ2) is 9.03. The van der Waals surface area contributed by atoms with E-state index in [1.807, 2.05) is 24.3 Å². The first-order chi connectivity index (χ1) is 12.7. The number of nitrogens with one attached hydrogen (secondary N) is 2. The van der Waals surface area contributed by atoms with Gasteiger partial charge in [0.15, 0.2) is 0 Å². The first-order valence-electron chi connectivity index (χ1n) is 9.50. The van der Waals surface area contributed by atoms with Crippen LogP contribution in [0.15, 0.2) is 24.3 Å². The van der Waals surface area contributed by atoms with E-state index in [4.69, 9.17) is 9.47 Å². The van der Waals surface area contributed by atoms with Crippen LogP contribution in [-0.2, 0) is 14.3 Å². The zero-order valence-corrected chi connectivity index (χ0v) is 15.3. The van der Waals surface area contributed by atoms with Gasteiger partial charge in [-0.1, -0.05) is 12.1 Å². The highest BCUT2D eigenvalue weighted by atomic mass is 16.5. The quantitative estimate of drug-likeness (QED) is 0.818. The number of carbonyl (C=O) groups excluding carboxylic acids is 2. The summed E-state index contributed by atoms with van der Waals surface area (Å²) in [5, 5.41) is 5.97. The van der Waals surface area contributed by atoms with Crippen molar-refractivity contribution in [2.24, 2.45) is 11.8 Å². The fraction of sp³-hybridized carbons (Fsp3) is 0.600. The molecule has 2 N–H and O–H groups in total. The molecule has 142 valence electrons. The summed E-state index contributed by atoms with van der Waals surface area (Å²) in [5.41, 5.74) is 0.691. The van der Waals surface area contributed by atoms with E-state index in [-0.39, 0.29) is 29.8 Å². The lowest BCUT2D eigenvalue weighted by molar-refractivity contribution is -0.128. The Balaban J connectivity index is 1.43. The summed E-state index contributed by atoms with van der Waals surface area (Å²) in [7, 11) is 1.59. The van der Waals surface area contributed by atoms with Crippen LogP contribution in [0.3, 0.4) is 0 Å². The molecule has 1 aromatic rings. The third kappa shape index (κ3) is 4.75. The summed E-state index contributed by atoms with van der Waals surface area (Å²) in [6.45, 7) is 1.40. The van der Waals surface area contributed by atoms with E-state index in [9.17, 15) is 9.59 Å². The minimum absolute atomic E-state index is 0.00622. The van der Waals surface area contributed by atoms with Crippen molar-refractivity contribution in [3.05, 3.63) is 24.3 Å². The van der Waals surface area contributed by atoms with Crippen LogP contribution in [0.25, 0.3) is 0 Å². The third-order valence-corrected chi connectivity index (χ3v) is 5.36. The Labute approximate surface area is 154 Å². The largest absolute Gasteiger partial charge is 0.495 e. The smallest absolute Gasteiger partial charge is 0.227 e. The number of ether oxygens (including phenoxy) is 2. The standard InChI is InChI=1S/C20H28N2O4/c1-25-18-7-3-2-6-17(18)22-20(24)15-10-8-14(9-11-15)19(23)21-13-16-5-4-12-26-16/h2-3,6-7,14-16H,4-5,8-13H2,1H3,(H,21,23)(H,22,24). The van der Waals surface area contributed by atoms with E-state index in [1.165, 1.54) is 0 Å². The maximum Gasteiger partial charge on any atom is 0.227 e. The van der Waals surface area contributed by atoms with Gasteiger partial charge < -0.3 is 20.1 Å². The summed E-state index contributed by atoms with van der Waals surface area (Å²) < 4.78 is 10.8. The van der Waals surface area contributed by atoms with E-state index in [0.717, 1.165) is 45.1 Å². The van der Waals surface area contributed by atoms with Crippen LogP contribution >= 0.6 is 0 Å². The van der Waals surface area contributed by atoms with Crippen molar-refractivity contribution >= 4 is 17.5 Å². The van der Waals surface area contributed by atoms with Crippen molar-refractivity contribution < 1.29 is 19.1 Å². The lowest BCUT2D eigenvalue weighted by atomic mass is 9.81. The molecule has 3 rings (SSSR count). The summed E-state index contributed by atoms with van der Waals surface area (Å²) in [6.07, 6.45) is 5.24. The molecule has 26 heavy (non-hydrogen) atoms. The Hall–Kier alpha value is -2.08. The molecule has 1 unspecified atom stereocenters. The molecule has 0 aromatic heterocycles. The average Bonchev–Trinajstić information content (AvgIpc) is 3.20. The van der Waals surface area contributed by atoms with Gasteiger partial charge in [0.05, 0.1) is 18.9 Å². The van der Waals surface area contributed by atoms with E-state index in [1.54, 1.807) is 7.11 Å². The minimum Gasteiger partial charge on any atom is -0.495 e. The molecule has 1 aliphatic heterocycles. The SMILES string of the molecule is COc1ccccc1NC(=O)C1CCC(C(=O)NCC2CCCO2)CC1. The fourth-order valence-corrected chi connectivity index (χ4v) is 3.76. The van der Waals surface area contributed by atoms with Crippen LogP contribution in [0.1, 0.15) is 38.5 Å². The maximum atomic E-state index is 12.5. The summed E-state index contributed by atoms with van der Waals surface area (Å²) in [5.74, 6) is 0.716. The fourth-order valence-electron chi connectivity index (χ4n) is 3.76. The topological polar surface area (TPSA) is 76.7 Å². The van der Waals surface area contributed by atoms with Crippen LogP contribution in [0.2, 0.25) is 0 Å². The number of benzene rings is 1. The van der Waals surface area contributed by atoms with E-state index in [0.29, 0.717) is 18.0 Å². The summed E-state index contributed by atoms with van der Waals surface area (Å²) in [6, 6.07) is 7.40. The molecule has 1 aromatic carbocycles. The number of carbonyl (C=O) groups is 2. The highest BCUT2D eigenvalue weighted by Gasteiger charge is 2.30. The van der Waals surface area contributed by atoms with Gasteiger partial charge in [0.2, 0.25) is 11.8 Å². The Bertz CT molecular complexity index is 620. The van der Waals surface area contributed by atoms with Gasteiger partial charge in [-0.2, -0.15) is 0 Å². The van der Waals surface area contributed by atoms with Crippen molar-refractivity contribution in [1.82, 2.24) is 5.32 Å². The first-order valence-corrected chi connectivity index (χ1v) is 9.50. The predicted octanol–water partition coefficient (Wildman–Crippen LogP) is 2.74. The molecule has 1 aliphatic carbocycles. The molecule has 0 spiro atoms. The van der Waals surface area contributed by atoms with Gasteiger partial charge in [-0.15, -0.1) is 0 Å². The second-order valence-corrected chi connectivity index (χ2v) is 7.12. The van der Waals surface area contributed by atoms with Crippen LogP contribution in [0.4, 0.5) is 5.69 Å². The minimum atomic E-state index is -0.0536. The van der Waals surface area contributed by atoms with Gasteiger partial charge in [0, 0.05) is 25.0 Å². The molecule has 1 heterocycles. The molecular weight excluding hydrogens is 332 g/mol. The maximum absolute atomic E-state index is 12.5. The zero-order chi connectivity index (χ0) is 18.4. The molecule has 1 atom stereocenters. The highest BCUT2D eigenvalue weighted by Crippen LogP contribution is 2.31. The molecule has 2 amide bonds. The molecule has 2 aliphatic rings. The predicted molar refractivity (Wildman–Crippen MR) is 99.1 cm³/mol. The van der Waals surface area contributed by atoms with Gasteiger partial charge in [0.1, 0.15) is 5.75 Å². The van der Waals surface area contributed by atoms with E-state index >= 15 is 0 Å². The normalized spacial score (nSPS) is 25.5. The van der Waals surface area contributed by atoms with Crippen molar-refractivity contribution in [3.63, 3.8) is 0 Å². The lowest BCUT2D eigenvalue weighted by Crippen LogP contribution is -2.38. The number of hydrogen-bond acceptors (Lipinski definition) is 4. The summed E-state index contributed by atoms with van der Waals surface area (Å²) >= 11 is 0. The van der Waals surface area contributed by atoms with Gasteiger partial charge in [-0.25, -0.2) is 0 Å². The van der Waals surface area contributed by atoms with Gasteiger partial charge in [-0.05, 0) is 50.7 Å².